The molecule has 0 aliphatic carbocycles. The first kappa shape index (κ1) is 11.1. The molecule has 2 aromatic rings. The molecule has 0 saturated heterocycles. The van der Waals surface area contributed by atoms with Crippen LogP contribution in [0.4, 0.5) is 11.4 Å². The molecule has 84 valence electrons. The van der Waals surface area contributed by atoms with E-state index in [0.717, 1.165) is 6.07 Å². The molecule has 7 nitrogen and oxygen atoms in total. The molecule has 0 N–H and O–H groups in total. The summed E-state index contributed by atoms with van der Waals surface area (Å²) in [6, 6.07) is 2.76. The number of nitro benzene ring substituents is 1. The van der Waals surface area contributed by atoms with Crippen LogP contribution in [0.1, 0.15) is 0 Å². The van der Waals surface area contributed by atoms with Crippen LogP contribution < -0.4 is 0 Å². The van der Waals surface area contributed by atoms with Gasteiger partial charge in [0.2, 0.25) is 0 Å². The molecule has 0 radical (unpaired) electrons. The van der Waals surface area contributed by atoms with Crippen molar-refractivity contribution in [2.75, 3.05) is 0 Å². The van der Waals surface area contributed by atoms with Gasteiger partial charge in [0.1, 0.15) is 5.69 Å². The maximum atomic E-state index is 10.8. The van der Waals surface area contributed by atoms with E-state index in [1.54, 1.807) is 6.07 Å². The van der Waals surface area contributed by atoms with Gasteiger partial charge in [-0.25, -0.2) is 0 Å². The second kappa shape index (κ2) is 4.25. The van der Waals surface area contributed by atoms with Crippen molar-refractivity contribution in [3.8, 4) is 0 Å². The maximum Gasteiger partial charge on any atom is 0.281 e. The van der Waals surface area contributed by atoms with E-state index in [1.807, 2.05) is 0 Å². The molecular formula is C9H4ClN5O2. The zero-order valence-electron chi connectivity index (χ0n) is 8.24. The molecule has 0 unspecified atom stereocenters. The third-order valence-corrected chi connectivity index (χ3v) is 2.49. The van der Waals surface area contributed by atoms with Crippen LogP contribution in [-0.4, -0.2) is 9.91 Å². The Morgan fingerprint density at radius 2 is 2.29 bits per heavy atom. The first-order chi connectivity index (χ1) is 8.15. The summed E-state index contributed by atoms with van der Waals surface area (Å²) in [6.07, 6.45) is 2.87. The second-order valence-corrected chi connectivity index (χ2v) is 3.50. The van der Waals surface area contributed by atoms with Crippen LogP contribution in [0.5, 0.6) is 0 Å². The van der Waals surface area contributed by atoms with Gasteiger partial charge in [0, 0.05) is 34.1 Å². The Morgan fingerprint density at radius 3 is 2.94 bits per heavy atom. The average molecular weight is 250 g/mol. The Hall–Kier alpha value is -2.37. The smallest absolute Gasteiger partial charge is 0.264 e. The molecule has 8 heteroatoms. The number of pyridine rings is 1. The largest absolute Gasteiger partial charge is 0.281 e. The standard InChI is InChI=1S/C9H4ClN5O2/c10-7-3-8(15(16)17)9(13-14-11)6-4-12-2-1-5(6)7/h1-4H. The third-order valence-electron chi connectivity index (χ3n) is 2.18. The summed E-state index contributed by atoms with van der Waals surface area (Å²) < 4.78 is 0. The molecule has 1 aromatic heterocycles. The van der Waals surface area contributed by atoms with Gasteiger partial charge in [-0.15, -0.1) is 0 Å². The Bertz CT molecular complexity index is 666. The monoisotopic (exact) mass is 249 g/mol. The molecule has 0 spiro atoms. The molecule has 0 aliphatic heterocycles. The topological polar surface area (TPSA) is 105 Å². The Labute approximate surface area is 99.4 Å². The molecule has 2 rings (SSSR count). The highest BCUT2D eigenvalue weighted by Crippen LogP contribution is 2.39. The van der Waals surface area contributed by atoms with Gasteiger partial charge < -0.3 is 0 Å². The van der Waals surface area contributed by atoms with Gasteiger partial charge in [0.25, 0.3) is 5.69 Å². The Morgan fingerprint density at radius 1 is 1.53 bits per heavy atom. The van der Waals surface area contributed by atoms with Crippen molar-refractivity contribution in [2.24, 2.45) is 5.11 Å². The van der Waals surface area contributed by atoms with Gasteiger partial charge in [-0.2, -0.15) is 0 Å². The van der Waals surface area contributed by atoms with Crippen molar-refractivity contribution >= 4 is 33.7 Å². The van der Waals surface area contributed by atoms with Gasteiger partial charge in [-0.1, -0.05) is 16.7 Å². The molecule has 1 aromatic carbocycles. The fourth-order valence-corrected chi connectivity index (χ4v) is 1.75. The van der Waals surface area contributed by atoms with E-state index >= 15 is 0 Å². The normalized spacial score (nSPS) is 9.94. The maximum absolute atomic E-state index is 10.8. The van der Waals surface area contributed by atoms with E-state index in [4.69, 9.17) is 17.1 Å². The second-order valence-electron chi connectivity index (χ2n) is 3.09. The van der Waals surface area contributed by atoms with E-state index in [9.17, 15) is 10.1 Å². The van der Waals surface area contributed by atoms with Crippen molar-refractivity contribution < 1.29 is 4.92 Å². The molecular weight excluding hydrogens is 246 g/mol. The number of rotatable bonds is 2. The fourth-order valence-electron chi connectivity index (χ4n) is 1.48. The number of nitro groups is 1. The number of azide groups is 1. The summed E-state index contributed by atoms with van der Waals surface area (Å²) in [4.78, 5) is 16.6. The van der Waals surface area contributed by atoms with Gasteiger partial charge in [0.15, 0.2) is 0 Å². The Kier molecular flexibility index (Phi) is 2.78. The molecule has 0 atom stereocenters. The van der Waals surface area contributed by atoms with Crippen LogP contribution in [0.2, 0.25) is 5.02 Å². The van der Waals surface area contributed by atoms with Gasteiger partial charge in [0.05, 0.1) is 9.95 Å². The number of hydrogen-bond donors (Lipinski definition) is 0. The van der Waals surface area contributed by atoms with Crippen molar-refractivity contribution in [2.45, 2.75) is 0 Å². The number of nitrogens with zero attached hydrogens (tertiary/aromatic N) is 5. The van der Waals surface area contributed by atoms with Crippen LogP contribution in [0.15, 0.2) is 29.6 Å². The van der Waals surface area contributed by atoms with Crippen LogP contribution in [0.25, 0.3) is 21.2 Å². The molecule has 0 amide bonds. The van der Waals surface area contributed by atoms with E-state index < -0.39 is 4.92 Å². The minimum atomic E-state index is -0.650. The summed E-state index contributed by atoms with van der Waals surface area (Å²) in [5, 5.41) is 15.3. The van der Waals surface area contributed by atoms with Gasteiger partial charge in [-0.3, -0.25) is 15.1 Å². The quantitative estimate of drug-likeness (QED) is 0.266. The lowest BCUT2D eigenvalue weighted by atomic mass is 10.1. The highest BCUT2D eigenvalue weighted by molar-refractivity contribution is 6.36. The first-order valence-electron chi connectivity index (χ1n) is 4.41. The van der Waals surface area contributed by atoms with Crippen molar-refractivity contribution in [1.82, 2.24) is 4.98 Å². The summed E-state index contributed by atoms with van der Waals surface area (Å²) in [7, 11) is 0. The molecule has 17 heavy (non-hydrogen) atoms. The van der Waals surface area contributed by atoms with Gasteiger partial charge in [-0.05, 0) is 11.6 Å². The number of fused-ring (bicyclic) bond motifs is 1. The van der Waals surface area contributed by atoms with Crippen LogP contribution >= 0.6 is 11.6 Å². The summed E-state index contributed by atoms with van der Waals surface area (Å²) in [5.74, 6) is 0. The van der Waals surface area contributed by atoms with E-state index in [0.29, 0.717) is 10.8 Å². The van der Waals surface area contributed by atoms with Crippen molar-refractivity contribution in [1.29, 1.82) is 0 Å². The number of hydrogen-bond acceptors (Lipinski definition) is 4. The molecule has 0 saturated carbocycles. The zero-order chi connectivity index (χ0) is 12.4. The van der Waals surface area contributed by atoms with E-state index in [-0.39, 0.29) is 16.4 Å². The van der Waals surface area contributed by atoms with Crippen LogP contribution in [0, 0.1) is 10.1 Å². The van der Waals surface area contributed by atoms with Crippen molar-refractivity contribution in [3.05, 3.63) is 50.1 Å². The van der Waals surface area contributed by atoms with Crippen LogP contribution in [0.3, 0.4) is 0 Å². The lowest BCUT2D eigenvalue weighted by Gasteiger charge is -2.04. The summed E-state index contributed by atoms with van der Waals surface area (Å²) >= 11 is 5.91. The van der Waals surface area contributed by atoms with Gasteiger partial charge >= 0.3 is 0 Å². The Balaban J connectivity index is 2.97. The minimum absolute atomic E-state index is 0.0787. The molecule has 0 bridgehead atoms. The van der Waals surface area contributed by atoms with E-state index in [2.05, 4.69) is 15.0 Å². The zero-order valence-corrected chi connectivity index (χ0v) is 9.00. The average Bonchev–Trinajstić information content (AvgIpc) is 2.32. The van der Waals surface area contributed by atoms with Crippen molar-refractivity contribution in [3.63, 3.8) is 0 Å². The SMILES string of the molecule is [N-]=[N+]=Nc1c([N+](=O)[O-])cc(Cl)c2ccncc12. The number of benzene rings is 1. The predicted octanol–water partition coefficient (Wildman–Crippen LogP) is 3.74. The molecule has 0 aliphatic rings. The molecule has 0 fully saturated rings. The minimum Gasteiger partial charge on any atom is -0.264 e. The first-order valence-corrected chi connectivity index (χ1v) is 4.78. The molecule has 1 heterocycles. The lowest BCUT2D eigenvalue weighted by Crippen LogP contribution is -1.90. The third kappa shape index (κ3) is 1.84. The summed E-state index contributed by atoms with van der Waals surface area (Å²) in [6.45, 7) is 0. The number of aromatic nitrogens is 1. The summed E-state index contributed by atoms with van der Waals surface area (Å²) in [5.41, 5.74) is 8.02. The fraction of sp³-hybridized carbons (Fsp3) is 0. The van der Waals surface area contributed by atoms with E-state index in [1.165, 1.54) is 12.4 Å². The predicted molar refractivity (Wildman–Crippen MR) is 62.2 cm³/mol. The highest BCUT2D eigenvalue weighted by Gasteiger charge is 2.18. The van der Waals surface area contributed by atoms with Crippen LogP contribution in [-0.2, 0) is 0 Å². The number of halogens is 1. The highest BCUT2D eigenvalue weighted by atomic mass is 35.5. The lowest BCUT2D eigenvalue weighted by molar-refractivity contribution is -0.383.